The zero-order valence-corrected chi connectivity index (χ0v) is 16.8. The third-order valence-corrected chi connectivity index (χ3v) is 4.82. The van der Waals surface area contributed by atoms with Gasteiger partial charge >= 0.3 is 5.97 Å². The Bertz CT molecular complexity index is 1020. The quantitative estimate of drug-likeness (QED) is 0.470. The van der Waals surface area contributed by atoms with E-state index < -0.39 is 11.9 Å². The van der Waals surface area contributed by atoms with Gasteiger partial charge in [-0.05, 0) is 55.3 Å². The highest BCUT2D eigenvalue weighted by Gasteiger charge is 2.12. The number of imidazole rings is 1. The molecule has 8 heteroatoms. The number of carbonyl (C=O) groups is 2. The van der Waals surface area contributed by atoms with E-state index in [2.05, 4.69) is 10.3 Å². The van der Waals surface area contributed by atoms with Crippen LogP contribution in [0, 0.1) is 19.7 Å². The second-order valence-electron chi connectivity index (χ2n) is 6.43. The molecule has 3 rings (SSSR count). The molecule has 3 aromatic rings. The summed E-state index contributed by atoms with van der Waals surface area (Å²) in [5, 5.41) is 3.23. The standard InChI is InChI=1S/C21H20FN3O3S/c1-14-8-15(2)10-17(9-14)24-19(26)12-28-20(27)13-29-21-23-6-7-25(21)18-5-3-4-16(22)11-18/h3-11H,12-13H2,1-2H3,(H,24,26). The van der Waals surface area contributed by atoms with Crippen molar-refractivity contribution in [2.75, 3.05) is 17.7 Å². The summed E-state index contributed by atoms with van der Waals surface area (Å²) in [5.74, 6) is -1.33. The van der Waals surface area contributed by atoms with Crippen molar-refractivity contribution in [3.8, 4) is 5.69 Å². The van der Waals surface area contributed by atoms with Gasteiger partial charge in [-0.1, -0.05) is 23.9 Å². The molecule has 0 radical (unpaired) electrons. The summed E-state index contributed by atoms with van der Waals surface area (Å²) < 4.78 is 20.1. The average Bonchev–Trinajstić information content (AvgIpc) is 3.12. The molecule has 1 heterocycles. The van der Waals surface area contributed by atoms with E-state index in [1.807, 2.05) is 32.0 Å². The Kier molecular flexibility index (Phi) is 6.66. The highest BCUT2D eigenvalue weighted by atomic mass is 32.2. The second-order valence-corrected chi connectivity index (χ2v) is 7.38. The lowest BCUT2D eigenvalue weighted by Crippen LogP contribution is -2.21. The molecule has 2 aromatic carbocycles. The van der Waals surface area contributed by atoms with Crippen LogP contribution in [0.4, 0.5) is 10.1 Å². The van der Waals surface area contributed by atoms with E-state index in [0.717, 1.165) is 22.9 Å². The predicted octanol–water partition coefficient (Wildman–Crippen LogP) is 3.90. The van der Waals surface area contributed by atoms with Crippen LogP contribution in [0.2, 0.25) is 0 Å². The molecule has 0 aliphatic carbocycles. The number of nitrogens with zero attached hydrogens (tertiary/aromatic N) is 2. The SMILES string of the molecule is Cc1cc(C)cc(NC(=O)COC(=O)CSc2nccn2-c2cccc(F)c2)c1. The summed E-state index contributed by atoms with van der Waals surface area (Å²) in [6.45, 7) is 3.51. The van der Waals surface area contributed by atoms with Crippen molar-refractivity contribution in [1.29, 1.82) is 0 Å². The van der Waals surface area contributed by atoms with E-state index in [-0.39, 0.29) is 18.2 Å². The minimum Gasteiger partial charge on any atom is -0.455 e. The van der Waals surface area contributed by atoms with Gasteiger partial charge in [0, 0.05) is 18.1 Å². The van der Waals surface area contributed by atoms with Crippen molar-refractivity contribution < 1.29 is 18.7 Å². The first-order chi connectivity index (χ1) is 13.9. The molecule has 0 atom stereocenters. The maximum Gasteiger partial charge on any atom is 0.316 e. The topological polar surface area (TPSA) is 73.2 Å². The molecule has 0 aliphatic heterocycles. The third-order valence-electron chi connectivity index (χ3n) is 3.88. The zero-order valence-electron chi connectivity index (χ0n) is 16.0. The summed E-state index contributed by atoms with van der Waals surface area (Å²) >= 11 is 1.15. The maximum absolute atomic E-state index is 13.4. The average molecular weight is 413 g/mol. The number of hydrogen-bond acceptors (Lipinski definition) is 5. The minimum atomic E-state index is -0.542. The van der Waals surface area contributed by atoms with E-state index in [1.165, 1.54) is 12.1 Å². The van der Waals surface area contributed by atoms with E-state index in [4.69, 9.17) is 4.74 Å². The zero-order chi connectivity index (χ0) is 20.8. The second kappa shape index (κ2) is 9.38. The number of halogens is 1. The van der Waals surface area contributed by atoms with Gasteiger partial charge in [-0.2, -0.15) is 0 Å². The van der Waals surface area contributed by atoms with Gasteiger partial charge in [0.15, 0.2) is 11.8 Å². The van der Waals surface area contributed by atoms with Gasteiger partial charge in [0.25, 0.3) is 5.91 Å². The molecule has 0 spiro atoms. The fourth-order valence-electron chi connectivity index (χ4n) is 2.77. The van der Waals surface area contributed by atoms with Crippen LogP contribution in [-0.4, -0.2) is 33.8 Å². The molecule has 0 aliphatic rings. The number of amides is 1. The fraction of sp³-hybridized carbons (Fsp3) is 0.190. The number of aromatic nitrogens is 2. The van der Waals surface area contributed by atoms with Crippen molar-refractivity contribution in [1.82, 2.24) is 9.55 Å². The Morgan fingerprint density at radius 2 is 1.93 bits per heavy atom. The predicted molar refractivity (Wildman–Crippen MR) is 110 cm³/mol. The van der Waals surface area contributed by atoms with E-state index in [1.54, 1.807) is 29.1 Å². The summed E-state index contributed by atoms with van der Waals surface area (Å²) in [5.41, 5.74) is 3.33. The lowest BCUT2D eigenvalue weighted by molar-refractivity contribution is -0.144. The molecule has 29 heavy (non-hydrogen) atoms. The van der Waals surface area contributed by atoms with Gasteiger partial charge in [-0.15, -0.1) is 0 Å². The highest BCUT2D eigenvalue weighted by molar-refractivity contribution is 7.99. The highest BCUT2D eigenvalue weighted by Crippen LogP contribution is 2.21. The number of esters is 1. The van der Waals surface area contributed by atoms with Crippen molar-refractivity contribution in [2.45, 2.75) is 19.0 Å². The fourth-order valence-corrected chi connectivity index (χ4v) is 3.55. The molecule has 1 N–H and O–H groups in total. The molecule has 0 unspecified atom stereocenters. The monoisotopic (exact) mass is 413 g/mol. The van der Waals surface area contributed by atoms with Crippen LogP contribution < -0.4 is 5.32 Å². The first-order valence-corrected chi connectivity index (χ1v) is 9.85. The number of aryl methyl sites for hydroxylation is 2. The number of carbonyl (C=O) groups excluding carboxylic acids is 2. The van der Waals surface area contributed by atoms with Crippen LogP contribution >= 0.6 is 11.8 Å². The van der Waals surface area contributed by atoms with Crippen molar-refractivity contribution in [3.05, 3.63) is 71.8 Å². The van der Waals surface area contributed by atoms with Crippen molar-refractivity contribution >= 4 is 29.3 Å². The number of nitrogens with one attached hydrogen (secondary N) is 1. The van der Waals surface area contributed by atoms with Crippen LogP contribution in [0.25, 0.3) is 5.69 Å². The number of hydrogen-bond donors (Lipinski definition) is 1. The molecule has 0 saturated heterocycles. The van der Waals surface area contributed by atoms with E-state index >= 15 is 0 Å². The largest absolute Gasteiger partial charge is 0.455 e. The van der Waals surface area contributed by atoms with Crippen LogP contribution in [-0.2, 0) is 14.3 Å². The van der Waals surface area contributed by atoms with E-state index in [0.29, 0.717) is 16.5 Å². The van der Waals surface area contributed by atoms with Crippen LogP contribution in [0.5, 0.6) is 0 Å². The first-order valence-electron chi connectivity index (χ1n) is 8.86. The number of rotatable bonds is 7. The Morgan fingerprint density at radius 1 is 1.17 bits per heavy atom. The number of thioether (sulfide) groups is 1. The number of benzene rings is 2. The minimum absolute atomic E-state index is 0.0246. The molecule has 1 amide bonds. The van der Waals surface area contributed by atoms with Gasteiger partial charge in [0.2, 0.25) is 0 Å². The Morgan fingerprint density at radius 3 is 2.66 bits per heavy atom. The number of ether oxygens (including phenoxy) is 1. The van der Waals surface area contributed by atoms with E-state index in [9.17, 15) is 14.0 Å². The van der Waals surface area contributed by atoms with Gasteiger partial charge < -0.3 is 10.1 Å². The molecular formula is C21H20FN3O3S. The summed E-state index contributed by atoms with van der Waals surface area (Å²) in [7, 11) is 0. The Labute approximate surface area is 172 Å². The summed E-state index contributed by atoms with van der Waals surface area (Å²) in [4.78, 5) is 28.2. The lowest BCUT2D eigenvalue weighted by atomic mass is 10.1. The maximum atomic E-state index is 13.4. The van der Waals surface area contributed by atoms with Crippen LogP contribution in [0.1, 0.15) is 11.1 Å². The molecule has 1 aromatic heterocycles. The molecule has 6 nitrogen and oxygen atoms in total. The van der Waals surface area contributed by atoms with Gasteiger partial charge in [-0.25, -0.2) is 9.37 Å². The summed E-state index contributed by atoms with van der Waals surface area (Å²) in [6, 6.07) is 11.8. The van der Waals surface area contributed by atoms with Crippen LogP contribution in [0.15, 0.2) is 60.0 Å². The molecule has 150 valence electrons. The third kappa shape index (κ3) is 5.92. The summed E-state index contributed by atoms with van der Waals surface area (Å²) in [6.07, 6.45) is 3.25. The van der Waals surface area contributed by atoms with Crippen molar-refractivity contribution in [3.63, 3.8) is 0 Å². The van der Waals surface area contributed by atoms with Gasteiger partial charge in [-0.3, -0.25) is 14.2 Å². The Hall–Kier alpha value is -3.13. The van der Waals surface area contributed by atoms with Crippen molar-refractivity contribution in [2.24, 2.45) is 0 Å². The normalized spacial score (nSPS) is 10.6. The first kappa shape index (κ1) is 20.6. The van der Waals surface area contributed by atoms with Crippen LogP contribution in [0.3, 0.4) is 0 Å². The van der Waals surface area contributed by atoms with Gasteiger partial charge in [0.05, 0.1) is 11.4 Å². The molecule has 0 saturated carbocycles. The molecule has 0 bridgehead atoms. The lowest BCUT2D eigenvalue weighted by Gasteiger charge is -2.09. The Balaban J connectivity index is 1.49. The smallest absolute Gasteiger partial charge is 0.316 e. The van der Waals surface area contributed by atoms with Gasteiger partial charge in [0.1, 0.15) is 5.82 Å². The molecular weight excluding hydrogens is 393 g/mol. The molecule has 0 fully saturated rings. The number of anilines is 1.